The maximum absolute atomic E-state index is 9.12. The fraction of sp³-hybridized carbons (Fsp3) is 0.273. The largest absolute Gasteiger partial charge is 0.262 e. The van der Waals surface area contributed by atoms with Gasteiger partial charge in [-0.15, -0.1) is 5.10 Å². The minimum Gasteiger partial charge on any atom is -0.262 e. The lowest BCUT2D eigenvalue weighted by molar-refractivity contribution is 0.967. The second kappa shape index (κ2) is 4.55. The van der Waals surface area contributed by atoms with Crippen molar-refractivity contribution in [1.29, 1.82) is 5.26 Å². The number of aryl methyl sites for hydroxylation is 3. The molecule has 0 aromatic carbocycles. The van der Waals surface area contributed by atoms with Crippen molar-refractivity contribution in [3.05, 3.63) is 28.8 Å². The molecule has 2 aromatic rings. The van der Waals surface area contributed by atoms with Crippen LogP contribution in [0.5, 0.6) is 0 Å². The molecule has 0 unspecified atom stereocenters. The molecule has 0 amide bonds. The van der Waals surface area contributed by atoms with Crippen LogP contribution in [0.2, 0.25) is 0 Å². The minimum atomic E-state index is 0.586. The van der Waals surface area contributed by atoms with E-state index in [1.807, 2.05) is 26.8 Å². The van der Waals surface area contributed by atoms with Gasteiger partial charge in [-0.3, -0.25) is 10.1 Å². The number of nitrogens with zero attached hydrogens (tertiary/aromatic N) is 4. The Balaban J connectivity index is 2.42. The summed E-state index contributed by atoms with van der Waals surface area (Å²) in [6.07, 6.45) is 0. The zero-order valence-corrected chi connectivity index (χ0v) is 10.6. The summed E-state index contributed by atoms with van der Waals surface area (Å²) in [5, 5.41) is 16.6. The number of hydrogen-bond acceptors (Lipinski definition) is 5. The zero-order chi connectivity index (χ0) is 12.4. The van der Waals surface area contributed by atoms with Crippen LogP contribution in [-0.2, 0) is 0 Å². The summed E-state index contributed by atoms with van der Waals surface area (Å²) in [6.45, 7) is 5.57. The summed E-state index contributed by atoms with van der Waals surface area (Å²) in [6, 6.07) is 4.05. The summed E-state index contributed by atoms with van der Waals surface area (Å²) in [7, 11) is 0. The molecule has 6 heteroatoms. The molecule has 0 saturated carbocycles. The van der Waals surface area contributed by atoms with Gasteiger partial charge in [-0.25, -0.2) is 4.98 Å². The molecule has 0 aliphatic carbocycles. The average molecular weight is 245 g/mol. The third-order valence-corrected chi connectivity index (χ3v) is 3.09. The molecule has 0 aliphatic rings. The van der Waals surface area contributed by atoms with Crippen molar-refractivity contribution in [3.8, 4) is 6.07 Å². The van der Waals surface area contributed by atoms with Crippen LogP contribution in [-0.4, -0.2) is 20.2 Å². The molecule has 0 saturated heterocycles. The highest BCUT2D eigenvalue weighted by molar-refractivity contribution is 7.99. The lowest BCUT2D eigenvalue weighted by Crippen LogP contribution is -1.94. The molecule has 17 heavy (non-hydrogen) atoms. The zero-order valence-electron chi connectivity index (χ0n) is 9.77. The lowest BCUT2D eigenvalue weighted by atomic mass is 10.2. The Morgan fingerprint density at radius 3 is 2.65 bits per heavy atom. The van der Waals surface area contributed by atoms with E-state index >= 15 is 0 Å². The normalized spacial score (nSPS) is 10.2. The van der Waals surface area contributed by atoms with Gasteiger partial charge in [0.15, 0.2) is 0 Å². The summed E-state index contributed by atoms with van der Waals surface area (Å²) in [5.41, 5.74) is 2.21. The van der Waals surface area contributed by atoms with E-state index < -0.39 is 0 Å². The van der Waals surface area contributed by atoms with E-state index in [1.54, 1.807) is 0 Å². The summed E-state index contributed by atoms with van der Waals surface area (Å²) in [4.78, 5) is 9.32. The Bertz CT molecular complexity index is 596. The van der Waals surface area contributed by atoms with Crippen LogP contribution in [0.1, 0.15) is 22.8 Å². The molecular formula is C11H11N5S. The van der Waals surface area contributed by atoms with E-state index in [0.29, 0.717) is 10.7 Å². The highest BCUT2D eigenvalue weighted by Gasteiger charge is 2.11. The molecule has 5 nitrogen and oxygen atoms in total. The van der Waals surface area contributed by atoms with Gasteiger partial charge < -0.3 is 0 Å². The Hall–Kier alpha value is -1.87. The monoisotopic (exact) mass is 245 g/mol. The summed E-state index contributed by atoms with van der Waals surface area (Å²) in [5.74, 6) is 0.758. The van der Waals surface area contributed by atoms with Crippen molar-refractivity contribution in [1.82, 2.24) is 20.2 Å². The summed E-state index contributed by atoms with van der Waals surface area (Å²) >= 11 is 1.37. The number of pyridine rings is 1. The number of H-pyrrole nitrogens is 1. The predicted octanol–water partition coefficient (Wildman–Crippen LogP) is 2.15. The van der Waals surface area contributed by atoms with Gasteiger partial charge in [0.05, 0.1) is 11.3 Å². The molecule has 2 rings (SSSR count). The van der Waals surface area contributed by atoms with Crippen LogP contribution >= 0.6 is 11.8 Å². The first kappa shape index (κ1) is 11.6. The molecule has 0 spiro atoms. The van der Waals surface area contributed by atoms with Crippen LogP contribution in [0, 0.1) is 32.1 Å². The predicted molar refractivity (Wildman–Crippen MR) is 63.7 cm³/mol. The molecule has 1 N–H and O–H groups in total. The van der Waals surface area contributed by atoms with Gasteiger partial charge in [0.2, 0.25) is 5.16 Å². The van der Waals surface area contributed by atoms with Crippen LogP contribution in [0.15, 0.2) is 16.1 Å². The van der Waals surface area contributed by atoms with Gasteiger partial charge in [0.1, 0.15) is 11.9 Å². The molecule has 2 heterocycles. The van der Waals surface area contributed by atoms with E-state index in [0.717, 1.165) is 22.1 Å². The first-order valence-electron chi connectivity index (χ1n) is 5.05. The molecule has 0 radical (unpaired) electrons. The summed E-state index contributed by atoms with van der Waals surface area (Å²) < 4.78 is 0. The fourth-order valence-electron chi connectivity index (χ4n) is 1.48. The average Bonchev–Trinajstić information content (AvgIpc) is 2.63. The number of nitriles is 1. The number of nitrogens with one attached hydrogen (secondary N) is 1. The molecular weight excluding hydrogens is 234 g/mol. The van der Waals surface area contributed by atoms with E-state index in [9.17, 15) is 0 Å². The van der Waals surface area contributed by atoms with Gasteiger partial charge in [-0.2, -0.15) is 5.26 Å². The van der Waals surface area contributed by atoms with Crippen LogP contribution in [0.4, 0.5) is 0 Å². The molecule has 86 valence electrons. The Kier molecular flexibility index (Phi) is 3.11. The van der Waals surface area contributed by atoms with Gasteiger partial charge in [0, 0.05) is 10.6 Å². The molecule has 0 fully saturated rings. The smallest absolute Gasteiger partial charge is 0.213 e. The van der Waals surface area contributed by atoms with Crippen molar-refractivity contribution in [2.75, 3.05) is 0 Å². The Morgan fingerprint density at radius 2 is 2.06 bits per heavy atom. The number of rotatable bonds is 2. The fourth-order valence-corrected chi connectivity index (χ4v) is 2.47. The van der Waals surface area contributed by atoms with E-state index in [4.69, 9.17) is 5.26 Å². The van der Waals surface area contributed by atoms with Gasteiger partial charge >= 0.3 is 0 Å². The minimum absolute atomic E-state index is 0.586. The van der Waals surface area contributed by atoms with Gasteiger partial charge in [0.25, 0.3) is 0 Å². The van der Waals surface area contributed by atoms with Gasteiger partial charge in [-0.05, 0) is 38.6 Å². The first-order valence-corrected chi connectivity index (χ1v) is 5.87. The first-order chi connectivity index (χ1) is 8.10. The van der Waals surface area contributed by atoms with Crippen LogP contribution in [0.25, 0.3) is 0 Å². The third kappa shape index (κ3) is 2.45. The van der Waals surface area contributed by atoms with Crippen molar-refractivity contribution in [3.63, 3.8) is 0 Å². The Labute approximate surface area is 103 Å². The van der Waals surface area contributed by atoms with Crippen molar-refractivity contribution < 1.29 is 0 Å². The number of hydrogen-bond donors (Lipinski definition) is 1. The molecule has 0 aliphatic heterocycles. The third-order valence-electron chi connectivity index (χ3n) is 2.18. The van der Waals surface area contributed by atoms with Crippen molar-refractivity contribution >= 4 is 11.8 Å². The topological polar surface area (TPSA) is 78.2 Å². The second-order valence-corrected chi connectivity index (χ2v) is 4.65. The highest BCUT2D eigenvalue weighted by Crippen LogP contribution is 2.29. The molecule has 2 aromatic heterocycles. The van der Waals surface area contributed by atoms with Crippen LogP contribution in [0.3, 0.4) is 0 Å². The number of aromatic amines is 1. The molecule has 0 bridgehead atoms. The quantitative estimate of drug-likeness (QED) is 0.877. The van der Waals surface area contributed by atoms with Crippen LogP contribution < -0.4 is 0 Å². The van der Waals surface area contributed by atoms with E-state index in [2.05, 4.69) is 26.2 Å². The van der Waals surface area contributed by atoms with Crippen molar-refractivity contribution in [2.45, 2.75) is 30.8 Å². The SMILES string of the molecule is Cc1cc(Sc2n[nH]c(C)n2)c(C#N)c(C)n1. The van der Waals surface area contributed by atoms with E-state index in [-0.39, 0.29) is 0 Å². The maximum atomic E-state index is 9.12. The van der Waals surface area contributed by atoms with Gasteiger partial charge in [-0.1, -0.05) is 0 Å². The molecule has 0 atom stereocenters. The highest BCUT2D eigenvalue weighted by atomic mass is 32.2. The van der Waals surface area contributed by atoms with E-state index in [1.165, 1.54) is 11.8 Å². The second-order valence-electron chi connectivity index (χ2n) is 3.64. The lowest BCUT2D eigenvalue weighted by Gasteiger charge is -2.04. The standard InChI is InChI=1S/C11H11N5S/c1-6-4-10(9(5-12)7(2)13-6)17-11-14-8(3)15-16-11/h4H,1-3H3,(H,14,15,16). The van der Waals surface area contributed by atoms with Crippen molar-refractivity contribution in [2.24, 2.45) is 0 Å². The maximum Gasteiger partial charge on any atom is 0.213 e. The number of aromatic nitrogens is 4. The Morgan fingerprint density at radius 1 is 1.29 bits per heavy atom.